The Morgan fingerprint density at radius 2 is 2.11 bits per heavy atom. The molecule has 0 amide bonds. The monoisotopic (exact) mass is 256 g/mol. The lowest BCUT2D eigenvalue weighted by molar-refractivity contribution is 0.222. The quantitative estimate of drug-likeness (QED) is 0.453. The molecule has 102 valence electrons. The molecule has 0 saturated heterocycles. The van der Waals surface area contributed by atoms with Gasteiger partial charge in [0.25, 0.3) is 0 Å². The van der Waals surface area contributed by atoms with Gasteiger partial charge in [-0.05, 0) is 20.8 Å². The molecule has 0 saturated carbocycles. The van der Waals surface area contributed by atoms with E-state index in [1.54, 1.807) is 4.90 Å². The Morgan fingerprint density at radius 3 is 2.61 bits per heavy atom. The highest BCUT2D eigenvalue weighted by atomic mass is 16.5. The highest BCUT2D eigenvalue weighted by Gasteiger charge is 2.13. The first-order valence-corrected chi connectivity index (χ1v) is 5.85. The minimum Gasteiger partial charge on any atom is -0.461 e. The van der Waals surface area contributed by atoms with Gasteiger partial charge in [-0.2, -0.15) is 15.0 Å². The fourth-order valence-corrected chi connectivity index (χ4v) is 1.34. The third kappa shape index (κ3) is 3.97. The number of aromatic nitrogens is 3. The van der Waals surface area contributed by atoms with E-state index in [2.05, 4.69) is 20.4 Å². The van der Waals surface area contributed by atoms with Crippen molar-refractivity contribution < 1.29 is 9.84 Å². The van der Waals surface area contributed by atoms with Crippen LogP contribution in [0.5, 0.6) is 6.01 Å². The lowest BCUT2D eigenvalue weighted by Gasteiger charge is -2.20. The number of nitrogens with zero attached hydrogens (tertiary/aromatic N) is 4. The first-order chi connectivity index (χ1) is 8.60. The van der Waals surface area contributed by atoms with Crippen LogP contribution in [0.25, 0.3) is 0 Å². The fourth-order valence-electron chi connectivity index (χ4n) is 1.34. The highest BCUT2D eigenvalue weighted by Crippen LogP contribution is 2.15. The summed E-state index contributed by atoms with van der Waals surface area (Å²) in [7, 11) is 0. The summed E-state index contributed by atoms with van der Waals surface area (Å²) in [6, 6.07) is 0.208. The molecule has 0 radical (unpaired) electrons. The van der Waals surface area contributed by atoms with Crippen molar-refractivity contribution in [3.63, 3.8) is 0 Å². The van der Waals surface area contributed by atoms with Crippen LogP contribution in [0.3, 0.4) is 0 Å². The number of nitrogens with two attached hydrogens (primary N) is 1. The smallest absolute Gasteiger partial charge is 0.323 e. The summed E-state index contributed by atoms with van der Waals surface area (Å²) in [4.78, 5) is 14.1. The number of hydrogen-bond donors (Lipinski definition) is 3. The molecule has 8 nitrogen and oxygen atoms in total. The summed E-state index contributed by atoms with van der Waals surface area (Å²) < 4.78 is 5.42. The standard InChI is InChI=1S/C10H20N6O2/c1-4-16(5-6-17)9-12-8(15-11)13-10(14-9)18-7(2)3/h7,17H,4-6,11H2,1-3H3,(H,12,13,14,15). The number of nitrogens with one attached hydrogen (secondary N) is 1. The van der Waals surface area contributed by atoms with Crippen molar-refractivity contribution in [2.45, 2.75) is 26.9 Å². The van der Waals surface area contributed by atoms with E-state index in [0.29, 0.717) is 19.0 Å². The Bertz CT molecular complexity index is 373. The van der Waals surface area contributed by atoms with Gasteiger partial charge in [-0.1, -0.05) is 0 Å². The van der Waals surface area contributed by atoms with E-state index in [1.807, 2.05) is 20.8 Å². The molecule has 1 aromatic heterocycles. The molecule has 0 aliphatic rings. The first-order valence-electron chi connectivity index (χ1n) is 5.85. The minimum absolute atomic E-state index is 0.0191. The van der Waals surface area contributed by atoms with Crippen molar-refractivity contribution in [2.24, 2.45) is 5.84 Å². The number of rotatable bonds is 7. The van der Waals surface area contributed by atoms with Crippen LogP contribution < -0.4 is 20.9 Å². The van der Waals surface area contributed by atoms with E-state index < -0.39 is 0 Å². The van der Waals surface area contributed by atoms with Crippen molar-refractivity contribution in [2.75, 3.05) is 30.0 Å². The zero-order chi connectivity index (χ0) is 13.5. The predicted molar refractivity (Wildman–Crippen MR) is 68.4 cm³/mol. The molecule has 0 aromatic carbocycles. The van der Waals surface area contributed by atoms with Crippen LogP contribution in [-0.2, 0) is 0 Å². The van der Waals surface area contributed by atoms with E-state index in [4.69, 9.17) is 15.7 Å². The average molecular weight is 256 g/mol. The Labute approximate surface area is 106 Å². The molecule has 8 heteroatoms. The number of nitrogen functional groups attached to an aromatic ring is 1. The third-order valence-electron chi connectivity index (χ3n) is 2.11. The maximum atomic E-state index is 8.99. The molecule has 1 aromatic rings. The van der Waals surface area contributed by atoms with E-state index in [1.165, 1.54) is 0 Å². The van der Waals surface area contributed by atoms with Gasteiger partial charge in [0.1, 0.15) is 0 Å². The summed E-state index contributed by atoms with van der Waals surface area (Å²) in [5.74, 6) is 5.96. The molecule has 0 atom stereocenters. The lowest BCUT2D eigenvalue weighted by atomic mass is 10.5. The van der Waals surface area contributed by atoms with Crippen LogP contribution >= 0.6 is 0 Å². The Kier molecular flexibility index (Phi) is 5.53. The second-order valence-electron chi connectivity index (χ2n) is 3.86. The predicted octanol–water partition coefficient (Wildman–Crippen LogP) is -0.237. The molecule has 0 spiro atoms. The molecule has 1 heterocycles. The highest BCUT2D eigenvalue weighted by molar-refractivity contribution is 5.37. The average Bonchev–Trinajstić information content (AvgIpc) is 2.34. The topological polar surface area (TPSA) is 109 Å². The van der Waals surface area contributed by atoms with Crippen molar-refractivity contribution in [1.82, 2.24) is 15.0 Å². The van der Waals surface area contributed by atoms with Gasteiger partial charge >= 0.3 is 6.01 Å². The van der Waals surface area contributed by atoms with Crippen LogP contribution in [0.15, 0.2) is 0 Å². The van der Waals surface area contributed by atoms with E-state index in [-0.39, 0.29) is 24.7 Å². The number of ether oxygens (including phenoxy) is 1. The molecule has 1 rings (SSSR count). The third-order valence-corrected chi connectivity index (χ3v) is 2.11. The van der Waals surface area contributed by atoms with Crippen LogP contribution in [0, 0.1) is 0 Å². The van der Waals surface area contributed by atoms with Crippen molar-refractivity contribution in [3.05, 3.63) is 0 Å². The molecule has 0 bridgehead atoms. The van der Waals surface area contributed by atoms with Gasteiger partial charge in [0.2, 0.25) is 11.9 Å². The normalized spacial score (nSPS) is 10.6. The van der Waals surface area contributed by atoms with Gasteiger partial charge in [-0.15, -0.1) is 0 Å². The summed E-state index contributed by atoms with van der Waals surface area (Å²) in [5, 5.41) is 8.99. The van der Waals surface area contributed by atoms with Crippen LogP contribution in [-0.4, -0.2) is 45.9 Å². The molecule has 0 aliphatic heterocycles. The Balaban J connectivity index is 3.01. The molecule has 0 fully saturated rings. The largest absolute Gasteiger partial charge is 0.461 e. The van der Waals surface area contributed by atoms with Gasteiger partial charge in [-0.3, -0.25) is 5.43 Å². The second-order valence-corrected chi connectivity index (χ2v) is 3.86. The SMILES string of the molecule is CCN(CCO)c1nc(NN)nc(OC(C)C)n1. The van der Waals surface area contributed by atoms with Crippen LogP contribution in [0.1, 0.15) is 20.8 Å². The summed E-state index contributed by atoms with van der Waals surface area (Å²) >= 11 is 0. The lowest BCUT2D eigenvalue weighted by Crippen LogP contribution is -2.29. The number of hydrazine groups is 1. The first kappa shape index (κ1) is 14.4. The van der Waals surface area contributed by atoms with Gasteiger partial charge in [0.05, 0.1) is 12.7 Å². The molecule has 0 aliphatic carbocycles. The zero-order valence-corrected chi connectivity index (χ0v) is 10.9. The molecular weight excluding hydrogens is 236 g/mol. The van der Waals surface area contributed by atoms with Gasteiger partial charge in [0, 0.05) is 13.1 Å². The van der Waals surface area contributed by atoms with E-state index >= 15 is 0 Å². The summed E-state index contributed by atoms with van der Waals surface area (Å²) in [6.45, 7) is 6.82. The van der Waals surface area contributed by atoms with Crippen molar-refractivity contribution in [1.29, 1.82) is 0 Å². The number of aliphatic hydroxyl groups excluding tert-OH is 1. The minimum atomic E-state index is -0.0428. The Hall–Kier alpha value is -1.67. The number of hydrogen-bond acceptors (Lipinski definition) is 8. The maximum absolute atomic E-state index is 8.99. The van der Waals surface area contributed by atoms with Crippen LogP contribution in [0.2, 0.25) is 0 Å². The number of anilines is 2. The zero-order valence-electron chi connectivity index (χ0n) is 10.9. The van der Waals surface area contributed by atoms with Gasteiger partial charge in [-0.25, -0.2) is 5.84 Å². The molecular formula is C10H20N6O2. The second kappa shape index (κ2) is 6.92. The van der Waals surface area contributed by atoms with E-state index in [9.17, 15) is 0 Å². The van der Waals surface area contributed by atoms with E-state index in [0.717, 1.165) is 0 Å². The summed E-state index contributed by atoms with van der Waals surface area (Å²) in [5.41, 5.74) is 2.37. The molecule has 4 N–H and O–H groups in total. The summed E-state index contributed by atoms with van der Waals surface area (Å²) in [6.07, 6.45) is -0.0428. The van der Waals surface area contributed by atoms with Gasteiger partial charge in [0.15, 0.2) is 0 Å². The Morgan fingerprint density at radius 1 is 1.39 bits per heavy atom. The molecule has 18 heavy (non-hydrogen) atoms. The molecule has 0 unspecified atom stereocenters. The van der Waals surface area contributed by atoms with Crippen LogP contribution in [0.4, 0.5) is 11.9 Å². The number of likely N-dealkylation sites (N-methyl/N-ethyl adjacent to an activating group) is 1. The van der Waals surface area contributed by atoms with Crippen molar-refractivity contribution in [3.8, 4) is 6.01 Å². The maximum Gasteiger partial charge on any atom is 0.323 e. The number of aliphatic hydroxyl groups is 1. The van der Waals surface area contributed by atoms with Crippen molar-refractivity contribution >= 4 is 11.9 Å². The van der Waals surface area contributed by atoms with Gasteiger partial charge < -0.3 is 14.7 Å². The fraction of sp³-hybridized carbons (Fsp3) is 0.700.